The molecule has 0 radical (unpaired) electrons. The molecule has 4 rings (SSSR count). The number of benzene rings is 2. The van der Waals surface area contributed by atoms with Crippen LogP contribution in [0.3, 0.4) is 0 Å². The Hall–Kier alpha value is -4.07. The first-order valence-corrected chi connectivity index (χ1v) is 9.04. The van der Waals surface area contributed by atoms with Gasteiger partial charge in [-0.25, -0.2) is 4.39 Å². The molecule has 0 bridgehead atoms. The van der Waals surface area contributed by atoms with E-state index in [2.05, 4.69) is 10.6 Å². The van der Waals surface area contributed by atoms with Crippen LogP contribution in [0.4, 0.5) is 15.8 Å². The first-order valence-electron chi connectivity index (χ1n) is 9.04. The average molecular weight is 408 g/mol. The summed E-state index contributed by atoms with van der Waals surface area (Å²) in [6, 6.07) is 12.2. The second kappa shape index (κ2) is 8.12. The number of carbonyl (C=O) groups excluding carboxylic acids is 2. The van der Waals surface area contributed by atoms with Crippen molar-refractivity contribution in [1.29, 1.82) is 0 Å². The summed E-state index contributed by atoms with van der Waals surface area (Å²) in [7, 11) is 0. The summed E-state index contributed by atoms with van der Waals surface area (Å²) in [5.74, 6) is 0.684. The predicted molar refractivity (Wildman–Crippen MR) is 108 cm³/mol. The summed E-state index contributed by atoms with van der Waals surface area (Å²) in [5.41, 5.74) is 0.606. The van der Waals surface area contributed by atoms with Gasteiger partial charge in [-0.05, 0) is 61.5 Å². The van der Waals surface area contributed by atoms with E-state index in [4.69, 9.17) is 13.9 Å². The van der Waals surface area contributed by atoms with Crippen LogP contribution < -0.4 is 20.1 Å². The number of aryl methyl sites for hydroxylation is 1. The Morgan fingerprint density at radius 3 is 2.63 bits per heavy atom. The summed E-state index contributed by atoms with van der Waals surface area (Å²) in [5, 5.41) is 5.11. The first kappa shape index (κ1) is 19.3. The summed E-state index contributed by atoms with van der Waals surface area (Å²) in [6.07, 6.45) is 2.71. The lowest BCUT2D eigenvalue weighted by Gasteiger charge is -2.09. The van der Waals surface area contributed by atoms with Crippen LogP contribution in [0.5, 0.6) is 11.5 Å². The number of nitrogens with one attached hydrogen (secondary N) is 2. The van der Waals surface area contributed by atoms with Crippen LogP contribution in [-0.2, 0) is 4.79 Å². The minimum absolute atomic E-state index is 0.0660. The molecule has 2 aromatic carbocycles. The van der Waals surface area contributed by atoms with Crippen molar-refractivity contribution in [3.8, 4) is 11.5 Å². The number of anilines is 2. The topological polar surface area (TPSA) is 89.8 Å². The molecule has 8 heteroatoms. The zero-order chi connectivity index (χ0) is 21.1. The Kier molecular flexibility index (Phi) is 5.21. The molecule has 0 saturated carbocycles. The SMILES string of the molecule is Cc1ccc(C=CC(=O)Nc2cc(NC(=O)c3ccc4c(c3)OCO4)ccc2F)o1. The number of furan rings is 1. The van der Waals surface area contributed by atoms with E-state index in [1.165, 1.54) is 24.3 Å². The minimum Gasteiger partial charge on any atom is -0.462 e. The van der Waals surface area contributed by atoms with E-state index in [1.54, 1.807) is 37.3 Å². The molecule has 0 saturated heterocycles. The zero-order valence-corrected chi connectivity index (χ0v) is 15.9. The quantitative estimate of drug-likeness (QED) is 0.613. The van der Waals surface area contributed by atoms with E-state index in [0.717, 1.165) is 6.07 Å². The van der Waals surface area contributed by atoms with Crippen molar-refractivity contribution in [2.75, 3.05) is 17.4 Å². The Morgan fingerprint density at radius 1 is 1.00 bits per heavy atom. The van der Waals surface area contributed by atoms with Crippen LogP contribution in [-0.4, -0.2) is 18.6 Å². The largest absolute Gasteiger partial charge is 0.462 e. The Morgan fingerprint density at radius 2 is 1.83 bits per heavy atom. The normalized spacial score (nSPS) is 12.2. The van der Waals surface area contributed by atoms with Crippen LogP contribution >= 0.6 is 0 Å². The third kappa shape index (κ3) is 4.33. The molecular weight excluding hydrogens is 391 g/mol. The van der Waals surface area contributed by atoms with Crippen molar-refractivity contribution in [3.05, 3.63) is 77.5 Å². The van der Waals surface area contributed by atoms with Gasteiger partial charge < -0.3 is 24.5 Å². The highest BCUT2D eigenvalue weighted by atomic mass is 19.1. The lowest BCUT2D eigenvalue weighted by molar-refractivity contribution is -0.111. The fraction of sp³-hybridized carbons (Fsp3) is 0.0909. The predicted octanol–water partition coefficient (Wildman–Crippen LogP) is 4.36. The van der Waals surface area contributed by atoms with Crippen molar-refractivity contribution < 1.29 is 27.9 Å². The van der Waals surface area contributed by atoms with Crippen molar-refractivity contribution in [2.45, 2.75) is 6.92 Å². The lowest BCUT2D eigenvalue weighted by atomic mass is 10.1. The van der Waals surface area contributed by atoms with Crippen LogP contribution in [0.15, 0.2) is 59.0 Å². The standard InChI is InChI=1S/C22H17FN2O5/c1-13-2-5-16(30-13)6-9-21(26)25-18-11-15(4-7-17(18)23)24-22(27)14-3-8-19-20(10-14)29-12-28-19/h2-11H,12H2,1H3,(H,24,27)(H,25,26). The van der Waals surface area contributed by atoms with Crippen molar-refractivity contribution in [1.82, 2.24) is 0 Å². The number of carbonyl (C=O) groups is 2. The molecule has 1 aliphatic heterocycles. The van der Waals surface area contributed by atoms with Gasteiger partial charge in [0.25, 0.3) is 5.91 Å². The van der Waals surface area contributed by atoms with Crippen LogP contribution in [0.25, 0.3) is 6.08 Å². The highest BCUT2D eigenvalue weighted by Crippen LogP contribution is 2.32. The van der Waals surface area contributed by atoms with E-state index in [9.17, 15) is 14.0 Å². The molecule has 152 valence electrons. The fourth-order valence-electron chi connectivity index (χ4n) is 2.82. The lowest BCUT2D eigenvalue weighted by Crippen LogP contribution is -2.13. The van der Waals surface area contributed by atoms with Crippen molar-refractivity contribution in [2.24, 2.45) is 0 Å². The van der Waals surface area contributed by atoms with Gasteiger partial charge >= 0.3 is 0 Å². The molecule has 30 heavy (non-hydrogen) atoms. The van der Waals surface area contributed by atoms with Gasteiger partial charge in [-0.1, -0.05) is 0 Å². The van der Waals surface area contributed by atoms with Gasteiger partial charge in [-0.15, -0.1) is 0 Å². The fourth-order valence-corrected chi connectivity index (χ4v) is 2.82. The molecule has 0 fully saturated rings. The summed E-state index contributed by atoms with van der Waals surface area (Å²) in [6.45, 7) is 1.89. The Balaban J connectivity index is 1.44. The highest BCUT2D eigenvalue weighted by Gasteiger charge is 2.17. The van der Waals surface area contributed by atoms with Gasteiger partial charge in [0.1, 0.15) is 17.3 Å². The van der Waals surface area contributed by atoms with Gasteiger partial charge in [-0.2, -0.15) is 0 Å². The first-order chi connectivity index (χ1) is 14.5. The maximum absolute atomic E-state index is 14.1. The van der Waals surface area contributed by atoms with E-state index in [1.807, 2.05) is 0 Å². The smallest absolute Gasteiger partial charge is 0.255 e. The van der Waals surface area contributed by atoms with Gasteiger partial charge in [0, 0.05) is 17.3 Å². The van der Waals surface area contributed by atoms with Gasteiger partial charge in [0.05, 0.1) is 5.69 Å². The van der Waals surface area contributed by atoms with E-state index in [-0.39, 0.29) is 12.5 Å². The number of ether oxygens (including phenoxy) is 2. The van der Waals surface area contributed by atoms with Crippen molar-refractivity contribution in [3.63, 3.8) is 0 Å². The molecule has 1 aliphatic rings. The molecule has 0 atom stereocenters. The molecule has 2 amide bonds. The summed E-state index contributed by atoms with van der Waals surface area (Å²) >= 11 is 0. The second-order valence-electron chi connectivity index (χ2n) is 6.49. The molecule has 2 heterocycles. The van der Waals surface area contributed by atoms with Crippen LogP contribution in [0.2, 0.25) is 0 Å². The number of fused-ring (bicyclic) bond motifs is 1. The molecule has 0 spiro atoms. The molecule has 0 aliphatic carbocycles. The third-order valence-electron chi connectivity index (χ3n) is 4.28. The molecule has 0 unspecified atom stereocenters. The number of hydrogen-bond donors (Lipinski definition) is 2. The van der Waals surface area contributed by atoms with Crippen LogP contribution in [0, 0.1) is 12.7 Å². The zero-order valence-electron chi connectivity index (χ0n) is 15.9. The monoisotopic (exact) mass is 408 g/mol. The third-order valence-corrected chi connectivity index (χ3v) is 4.28. The molecule has 2 N–H and O–H groups in total. The summed E-state index contributed by atoms with van der Waals surface area (Å²) in [4.78, 5) is 24.6. The molecular formula is C22H17FN2O5. The Bertz CT molecular complexity index is 1150. The maximum Gasteiger partial charge on any atom is 0.255 e. The van der Waals surface area contributed by atoms with Crippen molar-refractivity contribution >= 4 is 29.3 Å². The minimum atomic E-state index is -0.633. The molecule has 3 aromatic rings. The van der Waals surface area contributed by atoms with Gasteiger partial charge in [-0.3, -0.25) is 9.59 Å². The van der Waals surface area contributed by atoms with Gasteiger partial charge in [0.15, 0.2) is 11.5 Å². The second-order valence-corrected chi connectivity index (χ2v) is 6.49. The average Bonchev–Trinajstić information content (AvgIpc) is 3.37. The van der Waals surface area contributed by atoms with E-state index in [0.29, 0.717) is 34.3 Å². The number of halogens is 1. The number of hydrogen-bond acceptors (Lipinski definition) is 5. The van der Waals surface area contributed by atoms with E-state index < -0.39 is 17.6 Å². The number of rotatable bonds is 5. The number of amides is 2. The van der Waals surface area contributed by atoms with Gasteiger partial charge in [0.2, 0.25) is 12.7 Å². The molecule has 7 nitrogen and oxygen atoms in total. The maximum atomic E-state index is 14.1. The molecule has 1 aromatic heterocycles. The van der Waals surface area contributed by atoms with Crippen LogP contribution in [0.1, 0.15) is 21.9 Å². The van der Waals surface area contributed by atoms with E-state index >= 15 is 0 Å². The summed E-state index contributed by atoms with van der Waals surface area (Å²) < 4.78 is 29.9. The Labute approximate surface area is 171 Å². The highest BCUT2D eigenvalue weighted by molar-refractivity contribution is 6.06.